The predicted octanol–water partition coefficient (Wildman–Crippen LogP) is 17.0. The maximum atomic E-state index is 13.0. The summed E-state index contributed by atoms with van der Waals surface area (Å²) in [5, 5.41) is 11.6. The third kappa shape index (κ3) is 29.8. The molecular formula is C86H132F3N5O15S. The summed E-state index contributed by atoms with van der Waals surface area (Å²) in [6.45, 7) is 35.1. The van der Waals surface area contributed by atoms with Gasteiger partial charge in [0.1, 0.15) is 49.7 Å². The summed E-state index contributed by atoms with van der Waals surface area (Å²) in [5.74, 6) is 0.169. The van der Waals surface area contributed by atoms with Crippen LogP contribution in [0.3, 0.4) is 0 Å². The van der Waals surface area contributed by atoms with Crippen molar-refractivity contribution in [3.8, 4) is 6.07 Å². The standard InChI is InChI=1S/C17H24N2O.C11H11F3O2.2C11H20O2.C10H12O2.C8H12N2O.C8H14O2.C6H9NO.C4H10O2S/c1-13(20)16(2,3)19-10-8-17(9-11-19)12-18-15-7-5-4-6-14(15)17;1-8(15)10(16-2,11(12,13)14)9-6-4-3-5-7-9;1-9(12)11(2,13-3)10-7-5-4-6-8-10;1-9(12)11(2,3)13-10-7-5-4-6-8-10;1-8(11)10(12-2)9-6-4-3-5-7-9;1-7(11)8(2,3)10-5-4-9-6-10;1-7(9)8(10-2)5-3-4-6-8;1-5(8)6(2,3)4-7;1-4(2)7(3,5)6/h4-7,18H,8-12H2,1-3H3;3-7H,1-2H3;2*10H,4-8H2,1-3H3;3-7,10H,1-2H3;4-6H,1-3H3;3-6H2,1-2H3;1-3H3;4H,1-3H3/t;10-;11-;;10-;;;;/m.00.0..../s1. The van der Waals surface area contributed by atoms with Gasteiger partial charge in [0, 0.05) is 83.4 Å². The van der Waals surface area contributed by atoms with E-state index in [1.165, 1.54) is 94.1 Å². The van der Waals surface area contributed by atoms with E-state index < -0.39 is 61.3 Å². The van der Waals surface area contributed by atoms with E-state index in [-0.39, 0.29) is 62.3 Å². The molecule has 9 rings (SSSR count). The molecule has 3 aliphatic carbocycles. The van der Waals surface area contributed by atoms with Crippen LogP contribution in [0.25, 0.3) is 0 Å². The largest absolute Gasteiger partial charge is 0.428 e. The Balaban J connectivity index is 0.000000629. The fourth-order valence-corrected chi connectivity index (χ4v) is 12.8. The van der Waals surface area contributed by atoms with Gasteiger partial charge in [0.25, 0.3) is 0 Å². The van der Waals surface area contributed by atoms with Gasteiger partial charge in [-0.15, -0.1) is 0 Å². The molecule has 0 amide bonds. The molecule has 20 nitrogen and oxygen atoms in total. The molecule has 1 N–H and O–H groups in total. The first-order chi connectivity index (χ1) is 50.9. The average molecular weight is 1570 g/mol. The first-order valence-electron chi connectivity index (χ1n) is 38.2. The Morgan fingerprint density at radius 2 is 1.07 bits per heavy atom. The number of methoxy groups -OCH3 is 4. The van der Waals surface area contributed by atoms with Gasteiger partial charge in [-0.05, 0) is 219 Å². The molecule has 3 atom stereocenters. The minimum atomic E-state index is -4.78. The third-order valence-corrected chi connectivity index (χ3v) is 24.1. The zero-order valence-corrected chi connectivity index (χ0v) is 71.3. The van der Waals surface area contributed by atoms with Crippen molar-refractivity contribution in [3.05, 3.63) is 120 Å². The van der Waals surface area contributed by atoms with Crippen molar-refractivity contribution in [2.75, 3.05) is 59.6 Å². The quantitative estimate of drug-likeness (QED) is 0.0861. The second kappa shape index (κ2) is 45.6. The third-order valence-electron chi connectivity index (χ3n) is 22.4. The lowest BCUT2D eigenvalue weighted by Gasteiger charge is -2.45. The number of alkyl halides is 3. The van der Waals surface area contributed by atoms with E-state index in [9.17, 15) is 59.9 Å². The molecule has 3 heterocycles. The van der Waals surface area contributed by atoms with E-state index in [1.807, 2.05) is 84.9 Å². The van der Waals surface area contributed by atoms with Crippen molar-refractivity contribution in [3.63, 3.8) is 0 Å². The molecule has 24 heteroatoms. The lowest BCUT2D eigenvalue weighted by atomic mass is 9.73. The monoisotopic (exact) mass is 1560 g/mol. The van der Waals surface area contributed by atoms with Gasteiger partial charge in [0.05, 0.1) is 34.8 Å². The van der Waals surface area contributed by atoms with E-state index >= 15 is 0 Å². The van der Waals surface area contributed by atoms with Crippen molar-refractivity contribution in [2.45, 2.75) is 297 Å². The fraction of sp³-hybridized carbons (Fsp3) is 0.651. The van der Waals surface area contributed by atoms with Gasteiger partial charge in [-0.1, -0.05) is 117 Å². The number of piperidine rings is 1. The topological polar surface area (TPSA) is 274 Å². The Labute approximate surface area is 656 Å². The number of halogens is 3. The highest BCUT2D eigenvalue weighted by molar-refractivity contribution is 7.91. The molecule has 1 saturated heterocycles. The highest BCUT2D eigenvalue weighted by atomic mass is 32.2. The zero-order chi connectivity index (χ0) is 84.5. The van der Waals surface area contributed by atoms with E-state index in [0.29, 0.717) is 12.0 Å². The van der Waals surface area contributed by atoms with Crippen molar-refractivity contribution in [1.82, 2.24) is 14.5 Å². The van der Waals surface area contributed by atoms with Crippen LogP contribution in [0.1, 0.15) is 257 Å². The number of rotatable bonds is 20. The summed E-state index contributed by atoms with van der Waals surface area (Å²) in [7, 11) is 2.96. The van der Waals surface area contributed by atoms with E-state index in [4.69, 9.17) is 24.2 Å². The molecule has 1 spiro atoms. The number of carbonyl (C=O) groups is 8. The zero-order valence-electron chi connectivity index (χ0n) is 70.5. The van der Waals surface area contributed by atoms with Crippen LogP contribution in [-0.2, 0) is 88.4 Å². The number of carbonyl (C=O) groups excluding carboxylic acids is 8. The predicted molar refractivity (Wildman–Crippen MR) is 427 cm³/mol. The molecule has 4 aromatic rings. The number of hydrogen-bond donors (Lipinski definition) is 1. The second-order valence-electron chi connectivity index (χ2n) is 31.6. The molecule has 3 aromatic carbocycles. The van der Waals surface area contributed by atoms with Crippen LogP contribution in [0.4, 0.5) is 18.9 Å². The number of anilines is 1. The molecule has 2 aliphatic heterocycles. The van der Waals surface area contributed by atoms with Gasteiger partial charge in [0.15, 0.2) is 34.7 Å². The molecule has 0 bridgehead atoms. The summed E-state index contributed by atoms with van der Waals surface area (Å²) in [4.78, 5) is 95.8. The molecule has 618 valence electrons. The maximum Gasteiger partial charge on any atom is 0.428 e. The SMILES string of the molecule is CC(=O)C(C)(C)C#N.CC(=O)C(C)(C)N1CCC2(CC1)CNc1ccccc12.CC(=O)C(C)(C)OC1CCCCC1.CC(=O)C(C)(C)n1ccnc1.CC(C)S(C)(=O)=O.COC1(C(C)=O)CCCC1.CO[C@@H](C(C)=O)c1ccccc1.CO[C@@](C(C)=O)(c1ccccc1)C(F)(F)F.CO[C@@](C)(C(C)=O)C1CCCCC1. The van der Waals surface area contributed by atoms with Gasteiger partial charge < -0.3 is 33.6 Å². The molecule has 4 fully saturated rings. The Bertz CT molecular complexity index is 3660. The van der Waals surface area contributed by atoms with Crippen molar-refractivity contribution in [1.29, 1.82) is 5.26 Å². The lowest BCUT2D eigenvalue weighted by molar-refractivity contribution is -0.263. The number of likely N-dealkylation sites (tertiary alicyclic amines) is 1. The van der Waals surface area contributed by atoms with E-state index in [1.54, 1.807) is 113 Å². The summed E-state index contributed by atoms with van der Waals surface area (Å²) in [5.41, 5.74) is -2.21. The number of nitrogens with zero attached hydrogens (tertiary/aromatic N) is 4. The number of benzene rings is 3. The number of nitriles is 1. The van der Waals surface area contributed by atoms with Crippen LogP contribution in [-0.4, -0.2) is 163 Å². The van der Waals surface area contributed by atoms with Crippen LogP contribution in [0.5, 0.6) is 0 Å². The van der Waals surface area contributed by atoms with Gasteiger partial charge in [-0.3, -0.25) is 43.3 Å². The Kier molecular flexibility index (Phi) is 41.9. The number of hydrogen-bond acceptors (Lipinski definition) is 19. The fourth-order valence-electron chi connectivity index (χ4n) is 12.8. The molecule has 0 unspecified atom stereocenters. The van der Waals surface area contributed by atoms with Crippen LogP contribution < -0.4 is 5.32 Å². The highest BCUT2D eigenvalue weighted by Crippen LogP contribution is 2.46. The molecule has 5 aliphatic rings. The number of ketones is 8. The minimum absolute atomic E-state index is 0.0312. The van der Waals surface area contributed by atoms with Crippen molar-refractivity contribution >= 4 is 61.8 Å². The van der Waals surface area contributed by atoms with Crippen LogP contribution in [0.2, 0.25) is 0 Å². The maximum absolute atomic E-state index is 13.0. The molecule has 110 heavy (non-hydrogen) atoms. The number of imidazole rings is 1. The van der Waals surface area contributed by atoms with Gasteiger partial charge in [-0.2, -0.15) is 18.4 Å². The van der Waals surface area contributed by atoms with Crippen LogP contribution >= 0.6 is 0 Å². The second-order valence-corrected chi connectivity index (χ2v) is 34.2. The highest BCUT2D eigenvalue weighted by Gasteiger charge is 2.60. The van der Waals surface area contributed by atoms with Gasteiger partial charge in [0.2, 0.25) is 5.60 Å². The van der Waals surface area contributed by atoms with Gasteiger partial charge >= 0.3 is 6.18 Å². The van der Waals surface area contributed by atoms with E-state index in [2.05, 4.69) is 44.2 Å². The lowest BCUT2D eigenvalue weighted by Crippen LogP contribution is -2.55. The number of Topliss-reactive ketones (excluding diaryl/α,β-unsaturated/α-hetero) is 8. The van der Waals surface area contributed by atoms with Crippen LogP contribution in [0.15, 0.2) is 104 Å². The first kappa shape index (κ1) is 101. The minimum Gasteiger partial charge on any atom is -0.384 e. The smallest absolute Gasteiger partial charge is 0.384 e. The summed E-state index contributed by atoms with van der Waals surface area (Å²) in [6.07, 6.45) is 20.0. The Hall–Kier alpha value is -6.98. The number of nitrogens with one attached hydrogen (secondary N) is 1. The molecule has 0 radical (unpaired) electrons. The van der Waals surface area contributed by atoms with Crippen molar-refractivity contribution in [2.24, 2.45) is 11.3 Å². The molecule has 1 aromatic heterocycles. The van der Waals surface area contributed by atoms with Crippen LogP contribution in [0, 0.1) is 22.7 Å². The Morgan fingerprint density at radius 1 is 0.600 bits per heavy atom. The Morgan fingerprint density at radius 3 is 1.42 bits per heavy atom. The number of aromatic nitrogens is 2. The summed E-state index contributed by atoms with van der Waals surface area (Å²) in [6, 6.07) is 26.9. The van der Waals surface area contributed by atoms with E-state index in [0.717, 1.165) is 103 Å². The van der Waals surface area contributed by atoms with Gasteiger partial charge in [-0.25, -0.2) is 13.4 Å². The number of para-hydroxylation sites is 1. The number of sulfone groups is 1. The summed E-state index contributed by atoms with van der Waals surface area (Å²) < 4.78 is 87.3. The number of ether oxygens (including phenoxy) is 5. The first-order valence-corrected chi connectivity index (χ1v) is 40.1. The average Bonchev–Trinajstić information content (AvgIpc) is 1.42. The molecule has 3 saturated carbocycles. The van der Waals surface area contributed by atoms with Crippen molar-refractivity contribution < 1.29 is 83.6 Å². The molecular weight excluding hydrogens is 1430 g/mol. The number of fused-ring (bicyclic) bond motifs is 2. The normalized spacial score (nSPS) is 17.6. The summed E-state index contributed by atoms with van der Waals surface area (Å²) >= 11 is 0.